The molecule has 0 saturated carbocycles. The summed E-state index contributed by atoms with van der Waals surface area (Å²) in [5.74, 6) is 0.789. The van der Waals surface area contributed by atoms with Gasteiger partial charge in [-0.05, 0) is 58.7 Å². The highest BCUT2D eigenvalue weighted by atomic mass is 16.6. The Kier molecular flexibility index (Phi) is 4.84. The van der Waals surface area contributed by atoms with Crippen LogP contribution in [0.5, 0.6) is 5.75 Å². The van der Waals surface area contributed by atoms with Gasteiger partial charge in [-0.25, -0.2) is 0 Å². The maximum atomic E-state index is 11.3. The van der Waals surface area contributed by atoms with Crippen molar-refractivity contribution in [2.45, 2.75) is 52.2 Å². The fourth-order valence-electron chi connectivity index (χ4n) is 2.29. The van der Waals surface area contributed by atoms with Gasteiger partial charge < -0.3 is 9.47 Å². The van der Waals surface area contributed by atoms with Crippen LogP contribution in [0, 0.1) is 0 Å². The number of carbonyl (C=O) groups is 1. The lowest BCUT2D eigenvalue weighted by molar-refractivity contribution is 0.101. The van der Waals surface area contributed by atoms with Crippen LogP contribution in [0.2, 0.25) is 0 Å². The summed E-state index contributed by atoms with van der Waals surface area (Å²) in [6.45, 7) is 8.46. The first kappa shape index (κ1) is 15.8. The second kappa shape index (κ2) is 6.44. The molecule has 21 heavy (non-hydrogen) atoms. The van der Waals surface area contributed by atoms with E-state index in [9.17, 15) is 4.79 Å². The molecule has 1 aliphatic heterocycles. The number of ketones is 1. The number of hydrogen-bond acceptors (Lipinski definition) is 3. The fraction of sp³-hybridized carbons (Fsp3) is 0.500. The van der Waals surface area contributed by atoms with Crippen LogP contribution < -0.4 is 4.74 Å². The molecule has 1 aromatic carbocycles. The molecular formula is C18H24O3. The summed E-state index contributed by atoms with van der Waals surface area (Å²) in [5, 5.41) is 0. The van der Waals surface area contributed by atoms with Crippen LogP contribution in [-0.4, -0.2) is 24.1 Å². The first-order chi connectivity index (χ1) is 9.88. The molecule has 3 heteroatoms. The standard InChI is InChI=1S/C18H24O3/c1-13(8-9-17-18(3,4)21-17)10-11-20-16-7-5-6-15(12-16)14(2)19/h5-7,10,12,17H,8-9,11H2,1-4H3/b13-10+. The SMILES string of the molecule is CC(=O)c1cccc(OC/C=C(\C)CCC2OC2(C)C)c1. The average molecular weight is 288 g/mol. The second-order valence-electron chi connectivity index (χ2n) is 6.19. The first-order valence-electron chi connectivity index (χ1n) is 7.46. The lowest BCUT2D eigenvalue weighted by Crippen LogP contribution is -2.03. The summed E-state index contributed by atoms with van der Waals surface area (Å²) in [6.07, 6.45) is 4.59. The van der Waals surface area contributed by atoms with Crippen LogP contribution >= 0.6 is 0 Å². The van der Waals surface area contributed by atoms with Crippen molar-refractivity contribution in [1.82, 2.24) is 0 Å². The Morgan fingerprint density at radius 3 is 2.71 bits per heavy atom. The molecule has 0 radical (unpaired) electrons. The molecule has 1 atom stereocenters. The van der Waals surface area contributed by atoms with Crippen LogP contribution in [0.15, 0.2) is 35.9 Å². The molecular weight excluding hydrogens is 264 g/mol. The number of carbonyl (C=O) groups excluding carboxylic acids is 1. The number of hydrogen-bond donors (Lipinski definition) is 0. The minimum Gasteiger partial charge on any atom is -0.490 e. The van der Waals surface area contributed by atoms with Gasteiger partial charge in [-0.15, -0.1) is 0 Å². The van der Waals surface area contributed by atoms with Gasteiger partial charge in [0, 0.05) is 5.56 Å². The van der Waals surface area contributed by atoms with Crippen molar-refractivity contribution in [1.29, 1.82) is 0 Å². The molecule has 1 saturated heterocycles. The lowest BCUT2D eigenvalue weighted by Gasteiger charge is -2.06. The van der Waals surface area contributed by atoms with Crippen LogP contribution in [0.3, 0.4) is 0 Å². The summed E-state index contributed by atoms with van der Waals surface area (Å²) in [6, 6.07) is 7.30. The van der Waals surface area contributed by atoms with Crippen LogP contribution in [-0.2, 0) is 4.74 Å². The number of benzene rings is 1. The van der Waals surface area contributed by atoms with E-state index >= 15 is 0 Å². The Morgan fingerprint density at radius 2 is 2.10 bits per heavy atom. The molecule has 1 fully saturated rings. The van der Waals surface area contributed by atoms with Gasteiger partial charge in [0.25, 0.3) is 0 Å². The van der Waals surface area contributed by atoms with Gasteiger partial charge in [-0.3, -0.25) is 4.79 Å². The van der Waals surface area contributed by atoms with Crippen molar-refractivity contribution < 1.29 is 14.3 Å². The van der Waals surface area contributed by atoms with E-state index in [1.165, 1.54) is 5.57 Å². The predicted octanol–water partition coefficient (Wildman–Crippen LogP) is 4.17. The molecule has 0 N–H and O–H groups in total. The zero-order chi connectivity index (χ0) is 15.5. The largest absolute Gasteiger partial charge is 0.490 e. The third-order valence-electron chi connectivity index (χ3n) is 3.89. The van der Waals surface area contributed by atoms with E-state index in [-0.39, 0.29) is 11.4 Å². The molecule has 0 spiro atoms. The summed E-state index contributed by atoms with van der Waals surface area (Å²) in [5.41, 5.74) is 2.06. The number of Topliss-reactive ketones (excluding diaryl/α,β-unsaturated/α-hetero) is 1. The van der Waals surface area contributed by atoms with Crippen molar-refractivity contribution in [3.63, 3.8) is 0 Å². The Morgan fingerprint density at radius 1 is 1.38 bits per heavy atom. The number of rotatable bonds is 7. The average Bonchev–Trinajstić information content (AvgIpc) is 3.04. The third kappa shape index (κ3) is 4.71. The monoisotopic (exact) mass is 288 g/mol. The molecule has 2 rings (SSSR count). The normalized spacial score (nSPS) is 20.2. The summed E-state index contributed by atoms with van der Waals surface area (Å²) >= 11 is 0. The minimum atomic E-state index is 0.0548. The topological polar surface area (TPSA) is 38.8 Å². The molecule has 0 bridgehead atoms. The second-order valence-corrected chi connectivity index (χ2v) is 6.19. The Bertz CT molecular complexity index is 543. The minimum absolute atomic E-state index is 0.0548. The van der Waals surface area contributed by atoms with E-state index in [1.54, 1.807) is 19.1 Å². The number of allylic oxidation sites excluding steroid dienone is 1. The highest BCUT2D eigenvalue weighted by Gasteiger charge is 2.46. The summed E-state index contributed by atoms with van der Waals surface area (Å²) < 4.78 is 11.2. The fourth-order valence-corrected chi connectivity index (χ4v) is 2.29. The Balaban J connectivity index is 1.76. The predicted molar refractivity (Wildman–Crippen MR) is 83.9 cm³/mol. The van der Waals surface area contributed by atoms with Gasteiger partial charge in [-0.1, -0.05) is 17.7 Å². The Hall–Kier alpha value is -1.61. The van der Waals surface area contributed by atoms with Crippen molar-refractivity contribution in [2.24, 2.45) is 0 Å². The van der Waals surface area contributed by atoms with E-state index in [2.05, 4.69) is 26.8 Å². The summed E-state index contributed by atoms with van der Waals surface area (Å²) in [4.78, 5) is 11.3. The lowest BCUT2D eigenvalue weighted by atomic mass is 10.0. The first-order valence-corrected chi connectivity index (χ1v) is 7.46. The van der Waals surface area contributed by atoms with E-state index < -0.39 is 0 Å². The van der Waals surface area contributed by atoms with Crippen molar-refractivity contribution in [2.75, 3.05) is 6.61 Å². The molecule has 0 aromatic heterocycles. The molecule has 114 valence electrons. The Labute approximate surface area is 127 Å². The zero-order valence-electron chi connectivity index (χ0n) is 13.3. The number of ether oxygens (including phenoxy) is 2. The van der Waals surface area contributed by atoms with E-state index in [1.807, 2.05) is 12.1 Å². The molecule has 0 aliphatic carbocycles. The highest BCUT2D eigenvalue weighted by Crippen LogP contribution is 2.38. The van der Waals surface area contributed by atoms with Gasteiger partial charge in [-0.2, -0.15) is 0 Å². The maximum Gasteiger partial charge on any atom is 0.159 e. The summed E-state index contributed by atoms with van der Waals surface area (Å²) in [7, 11) is 0. The van der Waals surface area contributed by atoms with Crippen molar-refractivity contribution in [3.05, 3.63) is 41.5 Å². The maximum absolute atomic E-state index is 11.3. The molecule has 0 amide bonds. The molecule has 1 unspecified atom stereocenters. The zero-order valence-corrected chi connectivity index (χ0v) is 13.3. The molecule has 3 nitrogen and oxygen atoms in total. The van der Waals surface area contributed by atoms with Crippen molar-refractivity contribution >= 4 is 5.78 Å². The third-order valence-corrected chi connectivity index (χ3v) is 3.89. The van der Waals surface area contributed by atoms with Crippen LogP contribution in [0.1, 0.15) is 50.9 Å². The van der Waals surface area contributed by atoms with Gasteiger partial charge in [0.15, 0.2) is 5.78 Å². The molecule has 1 aliphatic rings. The van der Waals surface area contributed by atoms with E-state index in [0.717, 1.165) is 18.6 Å². The van der Waals surface area contributed by atoms with Crippen LogP contribution in [0.4, 0.5) is 0 Å². The van der Waals surface area contributed by atoms with Crippen molar-refractivity contribution in [3.8, 4) is 5.75 Å². The van der Waals surface area contributed by atoms with E-state index in [4.69, 9.17) is 9.47 Å². The molecule has 1 heterocycles. The van der Waals surface area contributed by atoms with E-state index in [0.29, 0.717) is 18.3 Å². The van der Waals surface area contributed by atoms with Gasteiger partial charge in [0.05, 0.1) is 11.7 Å². The quantitative estimate of drug-likeness (QED) is 0.429. The highest BCUT2D eigenvalue weighted by molar-refractivity contribution is 5.94. The number of epoxide rings is 1. The van der Waals surface area contributed by atoms with Gasteiger partial charge in [0.1, 0.15) is 12.4 Å². The van der Waals surface area contributed by atoms with Crippen LogP contribution in [0.25, 0.3) is 0 Å². The van der Waals surface area contributed by atoms with Gasteiger partial charge >= 0.3 is 0 Å². The smallest absolute Gasteiger partial charge is 0.159 e. The van der Waals surface area contributed by atoms with Gasteiger partial charge in [0.2, 0.25) is 0 Å². The molecule has 1 aromatic rings.